The van der Waals surface area contributed by atoms with Gasteiger partial charge in [0.1, 0.15) is 5.69 Å². The fraction of sp³-hybridized carbons (Fsp3) is 0.294. The molecule has 0 unspecified atom stereocenters. The van der Waals surface area contributed by atoms with Crippen LogP contribution in [0.15, 0.2) is 29.6 Å². The second-order valence-electron chi connectivity index (χ2n) is 5.96. The summed E-state index contributed by atoms with van der Waals surface area (Å²) in [6.07, 6.45) is -0.242. The summed E-state index contributed by atoms with van der Waals surface area (Å²) in [4.78, 5) is 7.69. The Kier molecular flexibility index (Phi) is 5.92. The summed E-state index contributed by atoms with van der Waals surface area (Å²) in [5.41, 5.74) is 0.665. The molecule has 13 heteroatoms. The molecule has 3 aromatic rings. The van der Waals surface area contributed by atoms with Crippen molar-refractivity contribution in [3.8, 4) is 17.5 Å². The van der Waals surface area contributed by atoms with Crippen LogP contribution < -0.4 is 18.9 Å². The van der Waals surface area contributed by atoms with E-state index in [2.05, 4.69) is 19.4 Å². The maximum atomic E-state index is 14.2. The van der Waals surface area contributed by atoms with E-state index in [0.717, 1.165) is 24.9 Å². The van der Waals surface area contributed by atoms with Gasteiger partial charge in [-0.15, -0.1) is 0 Å². The number of methoxy groups -OCH3 is 2. The lowest BCUT2D eigenvalue weighted by Crippen LogP contribution is -2.17. The van der Waals surface area contributed by atoms with Gasteiger partial charge in [-0.05, 0) is 18.6 Å². The number of rotatable bonds is 8. The van der Waals surface area contributed by atoms with Crippen molar-refractivity contribution in [3.05, 3.63) is 35.9 Å². The average molecular weight is 446 g/mol. The van der Waals surface area contributed by atoms with Gasteiger partial charge in [0, 0.05) is 12.3 Å². The van der Waals surface area contributed by atoms with Crippen molar-refractivity contribution < 1.29 is 35.8 Å². The van der Waals surface area contributed by atoms with Gasteiger partial charge in [-0.25, -0.2) is 18.2 Å². The van der Waals surface area contributed by atoms with Gasteiger partial charge in [-0.2, -0.15) is 13.4 Å². The van der Waals surface area contributed by atoms with E-state index in [1.807, 2.05) is 0 Å². The number of imidazole rings is 1. The van der Waals surface area contributed by atoms with E-state index in [9.17, 15) is 21.6 Å². The first-order valence-corrected chi connectivity index (χ1v) is 9.85. The number of alkyl halides is 2. The fourth-order valence-corrected chi connectivity index (χ4v) is 3.81. The molecular formula is C17H17F3N4O5S. The first-order valence-electron chi connectivity index (χ1n) is 8.37. The van der Waals surface area contributed by atoms with Gasteiger partial charge in [-0.3, -0.25) is 9.12 Å². The lowest BCUT2D eigenvalue weighted by Gasteiger charge is -2.13. The molecule has 0 aliphatic rings. The highest BCUT2D eigenvalue weighted by Gasteiger charge is 2.25. The van der Waals surface area contributed by atoms with Crippen molar-refractivity contribution in [2.24, 2.45) is 0 Å². The molecule has 0 spiro atoms. The van der Waals surface area contributed by atoms with E-state index >= 15 is 0 Å². The topological polar surface area (TPSA) is 104 Å². The molecule has 0 atom stereocenters. The third-order valence-corrected chi connectivity index (χ3v) is 5.31. The van der Waals surface area contributed by atoms with Gasteiger partial charge in [0.05, 0.1) is 20.4 Å². The van der Waals surface area contributed by atoms with Crippen molar-refractivity contribution in [2.45, 2.75) is 18.4 Å². The van der Waals surface area contributed by atoms with Gasteiger partial charge < -0.3 is 14.2 Å². The zero-order valence-electron chi connectivity index (χ0n) is 16.0. The van der Waals surface area contributed by atoms with Gasteiger partial charge in [0.2, 0.25) is 5.88 Å². The number of nitrogens with zero attached hydrogens (tertiary/aromatic N) is 3. The first-order chi connectivity index (χ1) is 14.2. The summed E-state index contributed by atoms with van der Waals surface area (Å²) in [6.45, 7) is 0.693. The van der Waals surface area contributed by atoms with Crippen LogP contribution in [-0.4, -0.2) is 50.0 Å². The molecule has 3 heterocycles. The Labute approximate surface area is 169 Å². The van der Waals surface area contributed by atoms with Crippen LogP contribution in [0.3, 0.4) is 0 Å². The van der Waals surface area contributed by atoms with Gasteiger partial charge in [0.25, 0.3) is 22.3 Å². The molecule has 0 bridgehead atoms. The monoisotopic (exact) mass is 446 g/mol. The molecule has 0 radical (unpaired) electrons. The number of nitrogens with one attached hydrogen (secondary N) is 1. The second-order valence-corrected chi connectivity index (χ2v) is 7.59. The molecule has 0 amide bonds. The number of ether oxygens (including phenoxy) is 3. The summed E-state index contributed by atoms with van der Waals surface area (Å²) in [7, 11) is -1.69. The molecule has 0 saturated carbocycles. The Hall–Kier alpha value is -3.22. The minimum Gasteiger partial charge on any atom is -0.493 e. The predicted molar refractivity (Wildman–Crippen MR) is 99.5 cm³/mol. The van der Waals surface area contributed by atoms with Crippen LogP contribution in [0.4, 0.5) is 18.9 Å². The van der Waals surface area contributed by atoms with Crippen molar-refractivity contribution in [1.82, 2.24) is 14.4 Å². The minimum atomic E-state index is -4.27. The highest BCUT2D eigenvalue weighted by atomic mass is 32.2. The quantitative estimate of drug-likeness (QED) is 0.567. The largest absolute Gasteiger partial charge is 0.493 e. The van der Waals surface area contributed by atoms with Crippen molar-refractivity contribution in [1.29, 1.82) is 0 Å². The van der Waals surface area contributed by atoms with Gasteiger partial charge in [0.15, 0.2) is 28.8 Å². The smallest absolute Gasteiger partial charge is 0.279 e. The lowest BCUT2D eigenvalue weighted by molar-refractivity contribution is 0.0770. The van der Waals surface area contributed by atoms with Crippen LogP contribution in [0.5, 0.6) is 17.5 Å². The molecule has 30 heavy (non-hydrogen) atoms. The molecule has 1 N–H and O–H groups in total. The van der Waals surface area contributed by atoms with Crippen LogP contribution in [0.2, 0.25) is 0 Å². The molecule has 3 aromatic heterocycles. The van der Waals surface area contributed by atoms with E-state index in [4.69, 9.17) is 9.47 Å². The summed E-state index contributed by atoms with van der Waals surface area (Å²) < 4.78 is 82.7. The molecule has 0 fully saturated rings. The highest BCUT2D eigenvalue weighted by molar-refractivity contribution is 7.92. The minimum absolute atomic E-state index is 0.253. The summed E-state index contributed by atoms with van der Waals surface area (Å²) in [5.74, 6) is -1.87. The first kappa shape index (κ1) is 21.5. The Morgan fingerprint density at radius 1 is 1.23 bits per heavy atom. The number of hydrogen-bond acceptors (Lipinski definition) is 7. The molecular weight excluding hydrogens is 429 g/mol. The molecule has 0 saturated heterocycles. The van der Waals surface area contributed by atoms with Crippen LogP contribution in [-0.2, 0) is 10.0 Å². The van der Waals surface area contributed by atoms with Gasteiger partial charge >= 0.3 is 0 Å². The Bertz CT molecular complexity index is 1180. The number of aromatic nitrogens is 3. The maximum Gasteiger partial charge on any atom is 0.279 e. The zero-order valence-corrected chi connectivity index (χ0v) is 16.8. The van der Waals surface area contributed by atoms with Crippen molar-refractivity contribution >= 4 is 21.4 Å². The highest BCUT2D eigenvalue weighted by Crippen LogP contribution is 2.31. The number of fused-ring (bicyclic) bond motifs is 1. The van der Waals surface area contributed by atoms with Crippen molar-refractivity contribution in [3.63, 3.8) is 0 Å². The fourth-order valence-electron chi connectivity index (χ4n) is 2.67. The second kappa shape index (κ2) is 8.26. The lowest BCUT2D eigenvalue weighted by atomic mass is 10.3. The van der Waals surface area contributed by atoms with E-state index in [0.29, 0.717) is 5.75 Å². The Morgan fingerprint density at radius 2 is 1.97 bits per heavy atom. The van der Waals surface area contributed by atoms with Crippen molar-refractivity contribution in [2.75, 3.05) is 25.5 Å². The molecule has 162 valence electrons. The van der Waals surface area contributed by atoms with Crippen LogP contribution in [0.1, 0.15) is 5.56 Å². The Morgan fingerprint density at radius 3 is 2.60 bits per heavy atom. The van der Waals surface area contributed by atoms with Crippen LogP contribution >= 0.6 is 0 Å². The van der Waals surface area contributed by atoms with E-state index < -0.39 is 34.8 Å². The van der Waals surface area contributed by atoms with Crippen LogP contribution in [0, 0.1) is 12.7 Å². The molecule has 3 rings (SSSR count). The molecule has 0 aromatic carbocycles. The molecule has 0 aliphatic carbocycles. The summed E-state index contributed by atoms with van der Waals surface area (Å²) >= 11 is 0. The third-order valence-electron chi connectivity index (χ3n) is 3.97. The molecule has 0 aliphatic heterocycles. The Balaban J connectivity index is 1.99. The summed E-state index contributed by atoms with van der Waals surface area (Å²) in [6, 6.07) is 2.36. The summed E-state index contributed by atoms with van der Waals surface area (Å²) in [5, 5.41) is -0.253. The number of anilines is 1. The standard InChI is InChI=1S/C17H17F3N4O5S/c1-9-4-5-24-13(7-21-15(24)14(9)27-2)30(25,26)23-11-6-10(18)16(22-17(11)28-3)29-8-12(19)20/h4-7,12,23H,8H2,1-3H3. The third kappa shape index (κ3) is 4.06. The number of aryl methyl sites for hydroxylation is 1. The number of pyridine rings is 2. The maximum absolute atomic E-state index is 14.2. The number of sulfonamides is 1. The van der Waals surface area contributed by atoms with Gasteiger partial charge in [-0.1, -0.05) is 0 Å². The van der Waals surface area contributed by atoms with E-state index in [1.54, 1.807) is 13.0 Å². The molecule has 9 nitrogen and oxygen atoms in total. The average Bonchev–Trinajstić information content (AvgIpc) is 3.12. The normalized spacial score (nSPS) is 11.7. The number of hydrogen-bond donors (Lipinski definition) is 1. The van der Waals surface area contributed by atoms with E-state index in [-0.39, 0.29) is 22.2 Å². The predicted octanol–water partition coefficient (Wildman–Crippen LogP) is 2.64. The SMILES string of the molecule is COc1nc(OCC(F)F)c(F)cc1NS(=O)(=O)c1cnc2c(OC)c(C)ccn12. The van der Waals surface area contributed by atoms with E-state index in [1.165, 1.54) is 17.7 Å². The van der Waals surface area contributed by atoms with Crippen LogP contribution in [0.25, 0.3) is 5.65 Å². The zero-order chi connectivity index (χ0) is 22.1. The number of halogens is 3.